The van der Waals surface area contributed by atoms with Gasteiger partial charge in [-0.1, -0.05) is 81.0 Å². The molecule has 0 unspecified atom stereocenters. The zero-order chi connectivity index (χ0) is 51.6. The van der Waals surface area contributed by atoms with Crippen LogP contribution in [0.3, 0.4) is 0 Å². The molecule has 0 radical (unpaired) electrons. The Kier molecular flexibility index (Phi) is 14.4. The number of halogens is 23. The molecule has 0 heterocycles. The van der Waals surface area contributed by atoms with Crippen LogP contribution in [0.5, 0.6) is 0 Å². The van der Waals surface area contributed by atoms with Gasteiger partial charge in [-0.25, -0.2) is 4.79 Å². The van der Waals surface area contributed by atoms with Crippen LogP contribution in [0.15, 0.2) is 93.5 Å². The highest BCUT2D eigenvalue weighted by molar-refractivity contribution is 8.30. The van der Waals surface area contributed by atoms with E-state index in [9.17, 15) is 79.4 Å². The molecule has 0 bridgehead atoms. The van der Waals surface area contributed by atoms with Gasteiger partial charge >= 0.3 is 71.4 Å². The van der Waals surface area contributed by atoms with Crippen molar-refractivity contribution in [1.82, 2.24) is 0 Å². The second-order valence-electron chi connectivity index (χ2n) is 16.3. The second-order valence-corrected chi connectivity index (χ2v) is 19.0. The first-order valence-electron chi connectivity index (χ1n) is 20.0. The Balaban J connectivity index is 1.63. The van der Waals surface area contributed by atoms with E-state index in [0.717, 1.165) is 87.1 Å². The van der Waals surface area contributed by atoms with Gasteiger partial charge in [0.15, 0.2) is 0 Å². The monoisotopic (exact) mass is 1040 g/mol. The van der Waals surface area contributed by atoms with Crippen LogP contribution < -0.4 is 0 Å². The maximum absolute atomic E-state index is 15.8. The number of benzene rings is 3. The molecule has 0 aromatic heterocycles. The van der Waals surface area contributed by atoms with Gasteiger partial charge in [-0.05, 0) is 95.4 Å². The van der Waals surface area contributed by atoms with E-state index in [1.807, 2.05) is 0 Å². The average molecular weight is 1040 g/mol. The lowest BCUT2D eigenvalue weighted by molar-refractivity contribution is -0.477. The third-order valence-electron chi connectivity index (χ3n) is 12.0. The third-order valence-corrected chi connectivity index (χ3v) is 15.2. The average Bonchev–Trinajstić information content (AvgIpc) is 3.28. The summed E-state index contributed by atoms with van der Waals surface area (Å²) in [6.07, 6.45) is -0.697. The number of carbonyl (C=O) groups is 1. The maximum Gasteiger partial charge on any atom is 0.460 e. The van der Waals surface area contributed by atoms with Crippen LogP contribution in [0, 0.1) is 0 Å². The van der Waals surface area contributed by atoms with E-state index >= 15 is 26.3 Å². The van der Waals surface area contributed by atoms with Gasteiger partial charge in [-0.2, -0.15) is 101 Å². The van der Waals surface area contributed by atoms with Crippen molar-refractivity contribution < 1.29 is 110 Å². The summed E-state index contributed by atoms with van der Waals surface area (Å²) in [6.45, 7) is 0. The molecule has 2 nitrogen and oxygen atoms in total. The molecule has 68 heavy (non-hydrogen) atoms. The molecule has 5 rings (SSSR count). The Labute approximate surface area is 372 Å². The van der Waals surface area contributed by atoms with E-state index in [1.165, 1.54) is 30.3 Å². The number of hydrogen-bond acceptors (Lipinski definition) is 2. The highest BCUT2D eigenvalue weighted by Crippen LogP contribution is 2.71. The van der Waals surface area contributed by atoms with Gasteiger partial charge in [-0.3, -0.25) is 0 Å². The molecule has 0 spiro atoms. The minimum absolute atomic E-state index is 0.0998. The largest absolute Gasteiger partial charge is 0.460 e. The molecule has 0 amide bonds. The maximum atomic E-state index is 15.8. The molecule has 0 atom stereocenters. The van der Waals surface area contributed by atoms with E-state index in [-0.39, 0.29) is 21.6 Å². The minimum atomic E-state index is -9.56. The van der Waals surface area contributed by atoms with Crippen molar-refractivity contribution in [1.29, 1.82) is 0 Å². The molecule has 0 saturated heterocycles. The van der Waals surface area contributed by atoms with E-state index in [2.05, 4.69) is 0 Å². The van der Waals surface area contributed by atoms with Gasteiger partial charge in [-0.15, -0.1) is 0 Å². The molecular formula is C42H35F23O2S. The highest BCUT2D eigenvalue weighted by atomic mass is 32.3. The van der Waals surface area contributed by atoms with Crippen molar-refractivity contribution in [2.24, 2.45) is 0 Å². The number of rotatable bonds is 16. The Hall–Kier alpha value is -4.13. The van der Waals surface area contributed by atoms with Gasteiger partial charge in [0.2, 0.25) is 0 Å². The molecule has 0 N–H and O–H groups in total. The second kappa shape index (κ2) is 17.9. The summed E-state index contributed by atoms with van der Waals surface area (Å²) in [7, 11) is -4.43. The van der Waals surface area contributed by atoms with Gasteiger partial charge in [0.05, 0.1) is 0 Å². The Morgan fingerprint density at radius 3 is 0.956 bits per heavy atom. The summed E-state index contributed by atoms with van der Waals surface area (Å²) in [4.78, 5) is 12.3. The van der Waals surface area contributed by atoms with Gasteiger partial charge < -0.3 is 4.18 Å². The van der Waals surface area contributed by atoms with Crippen molar-refractivity contribution in [3.63, 3.8) is 0 Å². The molecule has 26 heteroatoms. The molecule has 3 aromatic carbocycles. The molecule has 3 aromatic rings. The fourth-order valence-corrected chi connectivity index (χ4v) is 11.0. The predicted molar refractivity (Wildman–Crippen MR) is 195 cm³/mol. The van der Waals surface area contributed by atoms with Crippen LogP contribution >= 0.6 is 10.3 Å². The van der Waals surface area contributed by atoms with Crippen LogP contribution in [-0.2, 0) is 8.98 Å². The zero-order valence-corrected chi connectivity index (χ0v) is 35.0. The molecular weight excluding hydrogens is 1010 g/mol. The number of hydrogen-bond donors (Lipinski definition) is 0. The van der Waals surface area contributed by atoms with Crippen LogP contribution in [0.4, 0.5) is 101 Å². The molecule has 382 valence electrons. The normalized spacial score (nSPS) is 18.1. The lowest BCUT2D eigenvalue weighted by Crippen LogP contribution is -2.78. The Bertz CT molecular complexity index is 2150. The van der Waals surface area contributed by atoms with E-state index < -0.39 is 86.6 Å². The van der Waals surface area contributed by atoms with Gasteiger partial charge in [0.25, 0.3) is 0 Å². The predicted octanol–water partition coefficient (Wildman–Crippen LogP) is 16.4. The highest BCUT2D eigenvalue weighted by Gasteiger charge is 2.99. The molecule has 2 aliphatic rings. The van der Waals surface area contributed by atoms with Crippen LogP contribution in [-0.4, -0.2) is 71.4 Å². The van der Waals surface area contributed by atoms with Crippen molar-refractivity contribution in [2.45, 2.75) is 156 Å². The first-order chi connectivity index (χ1) is 30.9. The SMILES string of the molecule is O=C(OS(c1ccccc1)(c1ccc(C2CCCCC2)cc1)c1ccc(C2CCCCC2)cc1)C(F)(F)C(F)(F)C(F)(F)C(F)(F)C(F)(F)C(F)(F)C(F)(F)C(F)(F)C(F)(F)C(F)(F)C(F)(F)F. The number of alkyl halides is 23. The van der Waals surface area contributed by atoms with Crippen molar-refractivity contribution >= 4 is 16.3 Å². The summed E-state index contributed by atoms with van der Waals surface area (Å²) >= 11 is 0. The summed E-state index contributed by atoms with van der Waals surface area (Å²) in [5, 5.41) is 0. The number of carbonyl (C=O) groups excluding carboxylic acids is 1. The summed E-state index contributed by atoms with van der Waals surface area (Å²) in [5.74, 6) is -94.7. The van der Waals surface area contributed by atoms with Crippen molar-refractivity contribution in [2.75, 3.05) is 0 Å². The first-order valence-corrected chi connectivity index (χ1v) is 21.6. The Morgan fingerprint density at radius 1 is 0.368 bits per heavy atom. The Morgan fingerprint density at radius 2 is 0.647 bits per heavy atom. The van der Waals surface area contributed by atoms with E-state index in [0.29, 0.717) is 36.8 Å². The first kappa shape index (κ1) is 54.8. The molecule has 2 saturated carbocycles. The van der Waals surface area contributed by atoms with Crippen LogP contribution in [0.25, 0.3) is 0 Å². The minimum Gasteiger partial charge on any atom is -0.397 e. The summed E-state index contributed by atoms with van der Waals surface area (Å²) in [5.41, 5.74) is 1.21. The fraction of sp³-hybridized carbons (Fsp3) is 0.548. The standard InChI is InChI=1S/C42H35F23O2S/c43-32(44,33(45,46)34(47,48)35(49,50)36(51,52)37(53,54)38(55,56)39(57,58)40(59,60)41(61,62)42(63,64)65)31(66)67-68(28-14-8-3-9-15-28,29-20-16-26(17-21-29)24-10-4-1-5-11-24)30-22-18-27(19-23-30)25-12-6-2-7-13-25/h3,8-9,14-25H,1-2,4-7,10-13H2. The van der Waals surface area contributed by atoms with Crippen LogP contribution in [0.1, 0.15) is 87.2 Å². The topological polar surface area (TPSA) is 26.3 Å². The van der Waals surface area contributed by atoms with Crippen molar-refractivity contribution in [3.8, 4) is 0 Å². The molecule has 2 fully saturated rings. The third kappa shape index (κ3) is 8.23. The summed E-state index contributed by atoms with van der Waals surface area (Å²) in [6, 6.07) is 15.8. The zero-order valence-electron chi connectivity index (χ0n) is 34.1. The van der Waals surface area contributed by atoms with Gasteiger partial charge in [0, 0.05) is 14.7 Å². The fourth-order valence-electron chi connectivity index (χ4n) is 7.95. The smallest absolute Gasteiger partial charge is 0.397 e. The quantitative estimate of drug-likeness (QED) is 0.134. The lowest BCUT2D eigenvalue weighted by atomic mass is 9.84. The van der Waals surface area contributed by atoms with Crippen LogP contribution in [0.2, 0.25) is 0 Å². The van der Waals surface area contributed by atoms with Gasteiger partial charge in [0.1, 0.15) is 0 Å². The van der Waals surface area contributed by atoms with E-state index in [1.54, 1.807) is 0 Å². The van der Waals surface area contributed by atoms with E-state index in [4.69, 9.17) is 4.18 Å². The molecule has 2 aliphatic carbocycles. The summed E-state index contributed by atoms with van der Waals surface area (Å²) < 4.78 is 333. The molecule has 0 aliphatic heterocycles. The van der Waals surface area contributed by atoms with Crippen molar-refractivity contribution in [3.05, 3.63) is 90.0 Å². The lowest BCUT2D eigenvalue weighted by Gasteiger charge is -2.45.